The lowest BCUT2D eigenvalue weighted by molar-refractivity contribution is -0.142. The monoisotopic (exact) mass is 361 g/mol. The van der Waals surface area contributed by atoms with Crippen molar-refractivity contribution in [1.82, 2.24) is 30.6 Å². The van der Waals surface area contributed by atoms with Gasteiger partial charge in [-0.3, -0.25) is 4.79 Å². The fourth-order valence-corrected chi connectivity index (χ4v) is 3.19. The van der Waals surface area contributed by atoms with Crippen molar-refractivity contribution in [3.8, 4) is 0 Å². The molecule has 0 radical (unpaired) electrons. The third-order valence-corrected chi connectivity index (χ3v) is 4.56. The first-order chi connectivity index (χ1) is 12.7. The number of nitrogens with one attached hydrogen (secondary N) is 1. The van der Waals surface area contributed by atoms with Crippen LogP contribution in [0.4, 0.5) is 5.95 Å². The van der Waals surface area contributed by atoms with E-state index in [0.717, 1.165) is 25.1 Å². The highest BCUT2D eigenvalue weighted by molar-refractivity contribution is 5.71. The Labute approximate surface area is 151 Å². The summed E-state index contributed by atoms with van der Waals surface area (Å²) in [5, 5.41) is 23.5. The second-order valence-corrected chi connectivity index (χ2v) is 6.32. The van der Waals surface area contributed by atoms with Gasteiger partial charge in [-0.15, -0.1) is 5.10 Å². The molecular formula is C16H23N7O3. The molecule has 0 aliphatic carbocycles. The molecular weight excluding hydrogens is 338 g/mol. The molecule has 140 valence electrons. The van der Waals surface area contributed by atoms with E-state index in [0.29, 0.717) is 37.8 Å². The lowest BCUT2D eigenvalue weighted by atomic mass is 9.84. The molecule has 2 atom stereocenters. The van der Waals surface area contributed by atoms with Gasteiger partial charge in [-0.1, -0.05) is 13.3 Å². The zero-order chi connectivity index (χ0) is 18.4. The lowest BCUT2D eigenvalue weighted by Crippen LogP contribution is -2.37. The number of morpholine rings is 1. The van der Waals surface area contributed by atoms with Crippen LogP contribution in [0.25, 0.3) is 0 Å². The highest BCUT2D eigenvalue weighted by Gasteiger charge is 2.31. The molecule has 3 heterocycles. The van der Waals surface area contributed by atoms with Crippen molar-refractivity contribution in [2.24, 2.45) is 5.92 Å². The minimum atomic E-state index is -0.848. The molecule has 3 rings (SSSR count). The van der Waals surface area contributed by atoms with Gasteiger partial charge in [0.05, 0.1) is 19.1 Å². The Morgan fingerprint density at radius 1 is 1.35 bits per heavy atom. The summed E-state index contributed by atoms with van der Waals surface area (Å²) in [6, 6.07) is 0. The van der Waals surface area contributed by atoms with E-state index in [1.165, 1.54) is 0 Å². The number of aliphatic carboxylic acids is 1. The van der Waals surface area contributed by atoms with Crippen molar-refractivity contribution < 1.29 is 14.6 Å². The van der Waals surface area contributed by atoms with E-state index >= 15 is 0 Å². The number of tetrazole rings is 1. The van der Waals surface area contributed by atoms with Gasteiger partial charge in [0.25, 0.3) is 0 Å². The van der Waals surface area contributed by atoms with Crippen molar-refractivity contribution >= 4 is 11.9 Å². The van der Waals surface area contributed by atoms with Crippen LogP contribution in [0.5, 0.6) is 0 Å². The molecule has 0 aromatic carbocycles. The van der Waals surface area contributed by atoms with Crippen LogP contribution >= 0.6 is 0 Å². The molecule has 1 aliphatic rings. The standard InChI is InChI=1S/C16H23N7O3/c1-2-3-12(15(24)25)13(14-19-21-22-20-14)8-11-9-17-16(18-10-11)23-4-6-26-7-5-23/h9-10,12-13H,2-8H2,1H3,(H,24,25)(H,19,20,21,22)/t12?,13-/m0/s1. The molecule has 2 aromatic rings. The van der Waals surface area contributed by atoms with Crippen LogP contribution in [0, 0.1) is 5.92 Å². The van der Waals surface area contributed by atoms with Crippen LogP contribution in [-0.4, -0.2) is 68.0 Å². The van der Waals surface area contributed by atoms with Crippen LogP contribution in [0.3, 0.4) is 0 Å². The Hall–Kier alpha value is -2.62. The highest BCUT2D eigenvalue weighted by Crippen LogP contribution is 2.29. The Balaban J connectivity index is 1.77. The van der Waals surface area contributed by atoms with E-state index in [1.807, 2.05) is 6.92 Å². The molecule has 10 heteroatoms. The second kappa shape index (κ2) is 8.65. The number of hydrogen-bond acceptors (Lipinski definition) is 8. The molecule has 1 aliphatic heterocycles. The third-order valence-electron chi connectivity index (χ3n) is 4.56. The lowest BCUT2D eigenvalue weighted by Gasteiger charge is -2.26. The summed E-state index contributed by atoms with van der Waals surface area (Å²) in [5.41, 5.74) is 0.853. The molecule has 0 spiro atoms. The number of carboxylic acids is 1. The molecule has 1 saturated heterocycles. The average molecular weight is 361 g/mol. The van der Waals surface area contributed by atoms with E-state index in [4.69, 9.17) is 4.74 Å². The number of aromatic nitrogens is 6. The summed E-state index contributed by atoms with van der Waals surface area (Å²) < 4.78 is 5.34. The maximum absolute atomic E-state index is 11.7. The van der Waals surface area contributed by atoms with E-state index in [1.54, 1.807) is 12.4 Å². The van der Waals surface area contributed by atoms with Crippen molar-refractivity contribution in [2.75, 3.05) is 31.2 Å². The van der Waals surface area contributed by atoms with Gasteiger partial charge in [0.15, 0.2) is 5.82 Å². The molecule has 2 N–H and O–H groups in total. The second-order valence-electron chi connectivity index (χ2n) is 6.32. The highest BCUT2D eigenvalue weighted by atomic mass is 16.5. The maximum Gasteiger partial charge on any atom is 0.307 e. The number of aromatic amines is 1. The van der Waals surface area contributed by atoms with Gasteiger partial charge in [0, 0.05) is 31.4 Å². The molecule has 26 heavy (non-hydrogen) atoms. The van der Waals surface area contributed by atoms with Crippen LogP contribution < -0.4 is 4.90 Å². The van der Waals surface area contributed by atoms with Crippen molar-refractivity contribution in [2.45, 2.75) is 32.1 Å². The van der Waals surface area contributed by atoms with Crippen LogP contribution in [0.15, 0.2) is 12.4 Å². The quantitative estimate of drug-likeness (QED) is 0.696. The van der Waals surface area contributed by atoms with Crippen LogP contribution in [-0.2, 0) is 16.0 Å². The molecule has 0 saturated carbocycles. The fraction of sp³-hybridized carbons (Fsp3) is 0.625. The van der Waals surface area contributed by atoms with Crippen LogP contribution in [0.1, 0.15) is 37.1 Å². The number of rotatable bonds is 8. The first kappa shape index (κ1) is 18.2. The molecule has 0 bridgehead atoms. The summed E-state index contributed by atoms with van der Waals surface area (Å²) in [5.74, 6) is -0.644. The Morgan fingerprint density at radius 2 is 2.08 bits per heavy atom. The number of nitrogens with zero attached hydrogens (tertiary/aromatic N) is 6. The summed E-state index contributed by atoms with van der Waals surface area (Å²) in [4.78, 5) is 22.7. The van der Waals surface area contributed by atoms with Gasteiger partial charge in [-0.2, -0.15) is 0 Å². The SMILES string of the molecule is CCCC(C(=O)O)[C@H](Cc1cnc(N2CCOCC2)nc1)c1nnn[nH]1. The zero-order valence-corrected chi connectivity index (χ0v) is 14.7. The molecule has 0 amide bonds. The first-order valence-corrected chi connectivity index (χ1v) is 8.79. The number of anilines is 1. The minimum Gasteiger partial charge on any atom is -0.481 e. The molecule has 2 aromatic heterocycles. The Morgan fingerprint density at radius 3 is 2.65 bits per heavy atom. The molecule has 1 unspecified atom stereocenters. The van der Waals surface area contributed by atoms with Crippen molar-refractivity contribution in [1.29, 1.82) is 0 Å². The summed E-state index contributed by atoms with van der Waals surface area (Å²) >= 11 is 0. The fourth-order valence-electron chi connectivity index (χ4n) is 3.19. The summed E-state index contributed by atoms with van der Waals surface area (Å²) in [6.07, 6.45) is 5.27. The number of carboxylic acid groups (broad SMARTS) is 1. The van der Waals surface area contributed by atoms with Gasteiger partial charge in [-0.05, 0) is 28.8 Å². The van der Waals surface area contributed by atoms with Gasteiger partial charge in [-0.25, -0.2) is 15.1 Å². The minimum absolute atomic E-state index is 0.361. The predicted molar refractivity (Wildman–Crippen MR) is 91.7 cm³/mol. The van der Waals surface area contributed by atoms with E-state index in [9.17, 15) is 9.90 Å². The predicted octanol–water partition coefficient (Wildman–Crippen LogP) is 0.653. The van der Waals surface area contributed by atoms with Gasteiger partial charge < -0.3 is 14.7 Å². The Bertz CT molecular complexity index is 686. The van der Waals surface area contributed by atoms with Gasteiger partial charge >= 0.3 is 5.97 Å². The topological polar surface area (TPSA) is 130 Å². The van der Waals surface area contributed by atoms with E-state index in [2.05, 4.69) is 35.5 Å². The normalized spacial score (nSPS) is 17.0. The Kier molecular flexibility index (Phi) is 6.05. The maximum atomic E-state index is 11.7. The largest absolute Gasteiger partial charge is 0.481 e. The number of hydrogen-bond donors (Lipinski definition) is 2. The van der Waals surface area contributed by atoms with Gasteiger partial charge in [0.2, 0.25) is 5.95 Å². The molecule has 1 fully saturated rings. The first-order valence-electron chi connectivity index (χ1n) is 8.79. The number of carbonyl (C=O) groups is 1. The van der Waals surface area contributed by atoms with Crippen LogP contribution in [0.2, 0.25) is 0 Å². The van der Waals surface area contributed by atoms with Crippen molar-refractivity contribution in [3.05, 3.63) is 23.8 Å². The third kappa shape index (κ3) is 4.31. The smallest absolute Gasteiger partial charge is 0.307 e. The zero-order valence-electron chi connectivity index (χ0n) is 14.7. The van der Waals surface area contributed by atoms with Gasteiger partial charge in [0.1, 0.15) is 0 Å². The van der Waals surface area contributed by atoms with E-state index in [-0.39, 0.29) is 5.92 Å². The van der Waals surface area contributed by atoms with Crippen molar-refractivity contribution in [3.63, 3.8) is 0 Å². The molecule has 10 nitrogen and oxygen atoms in total. The number of H-pyrrole nitrogens is 1. The average Bonchev–Trinajstić information content (AvgIpc) is 3.20. The number of ether oxygens (including phenoxy) is 1. The summed E-state index contributed by atoms with van der Waals surface area (Å²) in [7, 11) is 0. The van der Waals surface area contributed by atoms with E-state index < -0.39 is 11.9 Å². The summed E-state index contributed by atoms with van der Waals surface area (Å²) in [6.45, 7) is 4.84.